The van der Waals surface area contributed by atoms with Crippen molar-refractivity contribution in [3.05, 3.63) is 47.2 Å². The van der Waals surface area contributed by atoms with Crippen LogP contribution in [0, 0.1) is 5.41 Å². The quantitative estimate of drug-likeness (QED) is 0.664. The summed E-state index contributed by atoms with van der Waals surface area (Å²) in [5.41, 5.74) is 1.65. The van der Waals surface area contributed by atoms with Gasteiger partial charge in [0, 0.05) is 19.3 Å². The van der Waals surface area contributed by atoms with Gasteiger partial charge in [0.1, 0.15) is 12.4 Å². The van der Waals surface area contributed by atoms with Gasteiger partial charge in [-0.2, -0.15) is 0 Å². The summed E-state index contributed by atoms with van der Waals surface area (Å²) in [5, 5.41) is 14.4. The van der Waals surface area contributed by atoms with Crippen LogP contribution in [0.15, 0.2) is 46.8 Å². The average Bonchev–Trinajstić information content (AvgIpc) is 2.43. The molecule has 22 heavy (non-hydrogen) atoms. The molecule has 4 nitrogen and oxygen atoms in total. The lowest BCUT2D eigenvalue weighted by Gasteiger charge is -2.29. The van der Waals surface area contributed by atoms with Crippen LogP contribution in [0.1, 0.15) is 39.2 Å². The summed E-state index contributed by atoms with van der Waals surface area (Å²) in [5.74, 6) is 0.0544. The smallest absolute Gasteiger partial charge is 0.168 e. The molecule has 1 aliphatic carbocycles. The molecule has 0 bridgehead atoms. The van der Waals surface area contributed by atoms with E-state index in [2.05, 4.69) is 5.16 Å². The Bertz CT molecular complexity index is 600. The number of nitrogens with zero attached hydrogens (tertiary/aromatic N) is 1. The van der Waals surface area contributed by atoms with Gasteiger partial charge in [0.05, 0.1) is 11.3 Å². The van der Waals surface area contributed by atoms with Gasteiger partial charge in [-0.25, -0.2) is 0 Å². The van der Waals surface area contributed by atoms with E-state index in [4.69, 9.17) is 4.84 Å². The number of rotatable bonds is 5. The van der Waals surface area contributed by atoms with E-state index < -0.39 is 0 Å². The Morgan fingerprint density at radius 2 is 1.95 bits per heavy atom. The Labute approximate surface area is 131 Å². The molecule has 4 heteroatoms. The Hall–Kier alpha value is -2.10. The summed E-state index contributed by atoms with van der Waals surface area (Å²) in [7, 11) is 0. The Morgan fingerprint density at radius 3 is 2.55 bits per heavy atom. The topological polar surface area (TPSA) is 58.9 Å². The lowest BCUT2D eigenvalue weighted by atomic mass is 9.75. The van der Waals surface area contributed by atoms with Crippen LogP contribution < -0.4 is 0 Å². The molecule has 1 aliphatic rings. The van der Waals surface area contributed by atoms with E-state index in [9.17, 15) is 9.90 Å². The second kappa shape index (κ2) is 6.77. The predicted molar refractivity (Wildman–Crippen MR) is 86.9 cm³/mol. The molecule has 1 N–H and O–H groups in total. The van der Waals surface area contributed by atoms with Crippen LogP contribution in [0.25, 0.3) is 0 Å². The molecule has 0 unspecified atom stereocenters. The fraction of sp³-hybridized carbons (Fsp3) is 0.444. The van der Waals surface area contributed by atoms with Crippen molar-refractivity contribution < 1.29 is 14.7 Å². The summed E-state index contributed by atoms with van der Waals surface area (Å²) >= 11 is 0. The number of oxime groups is 1. The molecule has 1 aromatic carbocycles. The number of carbonyl (C=O) groups excluding carboxylic acids is 1. The highest BCUT2D eigenvalue weighted by Gasteiger charge is 2.35. The van der Waals surface area contributed by atoms with E-state index >= 15 is 0 Å². The van der Waals surface area contributed by atoms with Crippen molar-refractivity contribution in [2.24, 2.45) is 10.6 Å². The number of carbonyl (C=O) groups is 1. The molecule has 0 aliphatic heterocycles. The monoisotopic (exact) mass is 301 g/mol. The molecule has 0 saturated heterocycles. The second-order valence-electron chi connectivity index (χ2n) is 6.38. The Balaban J connectivity index is 2.35. The van der Waals surface area contributed by atoms with Crippen molar-refractivity contribution in [1.29, 1.82) is 0 Å². The lowest BCUT2D eigenvalue weighted by Crippen LogP contribution is -2.30. The van der Waals surface area contributed by atoms with Crippen LogP contribution in [0.5, 0.6) is 0 Å². The molecule has 118 valence electrons. The van der Waals surface area contributed by atoms with Gasteiger partial charge < -0.3 is 9.94 Å². The van der Waals surface area contributed by atoms with Gasteiger partial charge >= 0.3 is 0 Å². The number of Topliss-reactive ketones (excluding diaryl/α,β-unsaturated/α-hetero) is 1. The lowest BCUT2D eigenvalue weighted by molar-refractivity contribution is -0.118. The number of allylic oxidation sites excluding steroid dienone is 2. The molecule has 0 radical (unpaired) electrons. The molecule has 2 rings (SSSR count). The normalized spacial score (nSPS) is 18.5. The van der Waals surface area contributed by atoms with E-state index in [1.807, 2.05) is 51.1 Å². The maximum atomic E-state index is 12.5. The fourth-order valence-corrected chi connectivity index (χ4v) is 2.71. The van der Waals surface area contributed by atoms with Crippen LogP contribution in [-0.4, -0.2) is 23.2 Å². The zero-order chi connectivity index (χ0) is 16.2. The number of benzene rings is 1. The zero-order valence-corrected chi connectivity index (χ0v) is 13.4. The molecule has 0 saturated carbocycles. The van der Waals surface area contributed by atoms with Crippen molar-refractivity contribution in [2.45, 2.75) is 40.0 Å². The van der Waals surface area contributed by atoms with Gasteiger partial charge in [-0.1, -0.05) is 49.3 Å². The van der Waals surface area contributed by atoms with E-state index in [1.54, 1.807) is 0 Å². The first kappa shape index (κ1) is 16.3. The summed E-state index contributed by atoms with van der Waals surface area (Å²) in [6.07, 6.45) is 1.35. The minimum atomic E-state index is -0.214. The molecular formula is C18H23NO3. The predicted octanol–water partition coefficient (Wildman–Crippen LogP) is 3.82. The Kier molecular flexibility index (Phi) is 5.01. The highest BCUT2D eigenvalue weighted by Crippen LogP contribution is 2.36. The van der Waals surface area contributed by atoms with Gasteiger partial charge in [-0.15, -0.1) is 0 Å². The molecule has 0 amide bonds. The minimum Gasteiger partial charge on any atom is -0.511 e. The summed E-state index contributed by atoms with van der Waals surface area (Å²) in [4.78, 5) is 17.6. The minimum absolute atomic E-state index is 0.0665. The average molecular weight is 301 g/mol. The van der Waals surface area contributed by atoms with Gasteiger partial charge in [0.15, 0.2) is 5.78 Å². The highest BCUT2D eigenvalue weighted by molar-refractivity contribution is 6.23. The molecule has 1 aromatic rings. The van der Waals surface area contributed by atoms with Gasteiger partial charge in [0.25, 0.3) is 0 Å². The number of aliphatic hydroxyl groups is 1. The van der Waals surface area contributed by atoms with Crippen LogP contribution in [0.4, 0.5) is 0 Å². The standard InChI is InChI=1S/C18H23NO3/c1-4-22-19-14(10-13-8-6-5-7-9-13)17-15(20)11-18(2,3)12-16(17)21/h5-9,20H,4,10-12H2,1-3H3. The van der Waals surface area contributed by atoms with E-state index in [0.29, 0.717) is 37.2 Å². The third kappa shape index (κ3) is 3.97. The van der Waals surface area contributed by atoms with E-state index in [1.165, 1.54) is 0 Å². The van der Waals surface area contributed by atoms with Gasteiger partial charge in [-0.05, 0) is 17.9 Å². The summed E-state index contributed by atoms with van der Waals surface area (Å²) in [6.45, 7) is 6.22. The SMILES string of the molecule is CCON=C(Cc1ccccc1)C1=C(O)CC(C)(C)CC1=O. The molecule has 0 aromatic heterocycles. The van der Waals surface area contributed by atoms with Crippen LogP contribution in [0.3, 0.4) is 0 Å². The first-order valence-electron chi connectivity index (χ1n) is 7.61. The molecule has 0 spiro atoms. The number of ketones is 1. The van der Waals surface area contributed by atoms with Gasteiger partial charge in [-0.3, -0.25) is 4.79 Å². The summed E-state index contributed by atoms with van der Waals surface area (Å²) < 4.78 is 0. The van der Waals surface area contributed by atoms with Crippen LogP contribution in [0.2, 0.25) is 0 Å². The first-order valence-corrected chi connectivity index (χ1v) is 7.61. The van der Waals surface area contributed by atoms with Gasteiger partial charge in [0.2, 0.25) is 0 Å². The third-order valence-electron chi connectivity index (χ3n) is 3.66. The van der Waals surface area contributed by atoms with Crippen molar-refractivity contribution in [3.63, 3.8) is 0 Å². The summed E-state index contributed by atoms with van der Waals surface area (Å²) in [6, 6.07) is 9.75. The fourth-order valence-electron chi connectivity index (χ4n) is 2.71. The Morgan fingerprint density at radius 1 is 1.27 bits per heavy atom. The third-order valence-corrected chi connectivity index (χ3v) is 3.66. The van der Waals surface area contributed by atoms with Crippen molar-refractivity contribution in [3.8, 4) is 0 Å². The number of aliphatic hydroxyl groups excluding tert-OH is 1. The highest BCUT2D eigenvalue weighted by atomic mass is 16.6. The van der Waals surface area contributed by atoms with Crippen LogP contribution in [-0.2, 0) is 16.1 Å². The van der Waals surface area contributed by atoms with E-state index in [-0.39, 0.29) is 17.0 Å². The largest absolute Gasteiger partial charge is 0.511 e. The van der Waals surface area contributed by atoms with Crippen molar-refractivity contribution in [1.82, 2.24) is 0 Å². The first-order chi connectivity index (χ1) is 10.4. The molecule has 0 atom stereocenters. The maximum absolute atomic E-state index is 12.5. The second-order valence-corrected chi connectivity index (χ2v) is 6.38. The maximum Gasteiger partial charge on any atom is 0.168 e. The van der Waals surface area contributed by atoms with Crippen molar-refractivity contribution >= 4 is 11.5 Å². The molecule has 0 heterocycles. The molecular weight excluding hydrogens is 278 g/mol. The van der Waals surface area contributed by atoms with E-state index in [0.717, 1.165) is 5.56 Å². The van der Waals surface area contributed by atoms with Crippen LogP contribution >= 0.6 is 0 Å². The number of hydrogen-bond acceptors (Lipinski definition) is 4. The zero-order valence-electron chi connectivity index (χ0n) is 13.4. The number of hydrogen-bond donors (Lipinski definition) is 1. The van der Waals surface area contributed by atoms with Crippen molar-refractivity contribution in [2.75, 3.05) is 6.61 Å². The molecule has 0 fully saturated rings.